The number of alkyl halides is 2. The SMILES string of the molecule is COC(=O)CC(F)C(Br)C(=O)OC. The summed E-state index contributed by atoms with van der Waals surface area (Å²) >= 11 is 2.77. The Morgan fingerprint density at radius 3 is 2.31 bits per heavy atom. The zero-order chi connectivity index (χ0) is 10.4. The molecule has 0 fully saturated rings. The second-order valence-corrected chi connectivity index (χ2v) is 3.21. The Labute approximate surface area is 83.5 Å². The van der Waals surface area contributed by atoms with Crippen molar-refractivity contribution >= 4 is 27.9 Å². The van der Waals surface area contributed by atoms with Crippen LogP contribution in [0.2, 0.25) is 0 Å². The van der Waals surface area contributed by atoms with E-state index < -0.39 is 29.4 Å². The summed E-state index contributed by atoms with van der Waals surface area (Å²) < 4.78 is 21.5. The molecule has 0 bridgehead atoms. The van der Waals surface area contributed by atoms with Crippen molar-refractivity contribution in [2.75, 3.05) is 14.2 Å². The molecule has 0 saturated carbocycles. The van der Waals surface area contributed by atoms with Crippen molar-refractivity contribution in [1.82, 2.24) is 0 Å². The van der Waals surface area contributed by atoms with E-state index in [-0.39, 0.29) is 0 Å². The van der Waals surface area contributed by atoms with Crippen molar-refractivity contribution in [3.05, 3.63) is 0 Å². The molecule has 0 spiro atoms. The molecule has 6 heteroatoms. The minimum atomic E-state index is -1.64. The van der Waals surface area contributed by atoms with Gasteiger partial charge < -0.3 is 9.47 Å². The Hall–Kier alpha value is -0.650. The number of hydrogen-bond acceptors (Lipinski definition) is 4. The fourth-order valence-electron chi connectivity index (χ4n) is 0.606. The van der Waals surface area contributed by atoms with Crippen LogP contribution in [0.5, 0.6) is 0 Å². The Morgan fingerprint density at radius 2 is 1.92 bits per heavy atom. The van der Waals surface area contributed by atoms with Crippen LogP contribution in [0.3, 0.4) is 0 Å². The van der Waals surface area contributed by atoms with E-state index >= 15 is 0 Å². The van der Waals surface area contributed by atoms with Crippen LogP contribution < -0.4 is 0 Å². The maximum atomic E-state index is 13.0. The van der Waals surface area contributed by atoms with Gasteiger partial charge in [0.1, 0.15) is 11.0 Å². The third kappa shape index (κ3) is 4.21. The van der Waals surface area contributed by atoms with Crippen LogP contribution in [0.4, 0.5) is 4.39 Å². The van der Waals surface area contributed by atoms with Gasteiger partial charge in [0.05, 0.1) is 20.6 Å². The van der Waals surface area contributed by atoms with E-state index in [9.17, 15) is 14.0 Å². The molecule has 2 unspecified atom stereocenters. The molecule has 0 aliphatic rings. The first-order valence-electron chi connectivity index (χ1n) is 3.45. The Kier molecular flexibility index (Phi) is 5.61. The molecule has 0 aliphatic heterocycles. The van der Waals surface area contributed by atoms with Crippen molar-refractivity contribution in [1.29, 1.82) is 0 Å². The minimum Gasteiger partial charge on any atom is -0.469 e. The van der Waals surface area contributed by atoms with Gasteiger partial charge >= 0.3 is 11.9 Å². The smallest absolute Gasteiger partial charge is 0.322 e. The zero-order valence-electron chi connectivity index (χ0n) is 7.25. The number of rotatable bonds is 4. The fraction of sp³-hybridized carbons (Fsp3) is 0.714. The van der Waals surface area contributed by atoms with E-state index in [0.29, 0.717) is 0 Å². The number of carbonyl (C=O) groups excluding carboxylic acids is 2. The molecule has 0 aromatic heterocycles. The summed E-state index contributed by atoms with van der Waals surface area (Å²) in [5.41, 5.74) is 0. The summed E-state index contributed by atoms with van der Waals surface area (Å²) in [5, 5.41) is 0. The summed E-state index contributed by atoms with van der Waals surface area (Å²) in [5.74, 6) is -1.46. The van der Waals surface area contributed by atoms with Gasteiger partial charge in [0, 0.05) is 0 Å². The predicted octanol–water partition coefficient (Wildman–Crippen LogP) is 0.824. The fourth-order valence-corrected chi connectivity index (χ4v) is 0.980. The topological polar surface area (TPSA) is 52.6 Å². The predicted molar refractivity (Wildman–Crippen MR) is 46.3 cm³/mol. The lowest BCUT2D eigenvalue weighted by molar-refractivity contribution is -0.144. The van der Waals surface area contributed by atoms with Crippen LogP contribution >= 0.6 is 15.9 Å². The molecule has 0 amide bonds. The molecule has 0 aromatic carbocycles. The van der Waals surface area contributed by atoms with E-state index in [0.717, 1.165) is 14.2 Å². The molecular formula is C7H10BrFO4. The normalized spacial score (nSPS) is 14.5. The zero-order valence-corrected chi connectivity index (χ0v) is 8.84. The van der Waals surface area contributed by atoms with Gasteiger partial charge in [-0.3, -0.25) is 9.59 Å². The summed E-state index contributed by atoms with van der Waals surface area (Å²) in [4.78, 5) is 20.2. The Bertz CT molecular complexity index is 197. The van der Waals surface area contributed by atoms with Crippen molar-refractivity contribution < 1.29 is 23.5 Å². The Balaban J connectivity index is 4.02. The first-order valence-corrected chi connectivity index (χ1v) is 4.37. The van der Waals surface area contributed by atoms with E-state index in [4.69, 9.17) is 0 Å². The van der Waals surface area contributed by atoms with Gasteiger partial charge in [-0.2, -0.15) is 0 Å². The highest BCUT2D eigenvalue weighted by molar-refractivity contribution is 9.10. The molecule has 0 N–H and O–H groups in total. The minimum absolute atomic E-state index is 0.471. The van der Waals surface area contributed by atoms with Crippen molar-refractivity contribution in [2.24, 2.45) is 0 Å². The highest BCUT2D eigenvalue weighted by Crippen LogP contribution is 2.15. The number of methoxy groups -OCH3 is 2. The monoisotopic (exact) mass is 256 g/mol. The van der Waals surface area contributed by atoms with Crippen LogP contribution in [0.15, 0.2) is 0 Å². The standard InChI is InChI=1S/C7H10BrFO4/c1-12-5(10)3-4(9)6(8)7(11)13-2/h4,6H,3H2,1-2H3. The average molecular weight is 257 g/mol. The summed E-state index contributed by atoms with van der Waals surface area (Å²) in [7, 11) is 2.29. The highest BCUT2D eigenvalue weighted by Gasteiger charge is 2.28. The van der Waals surface area contributed by atoms with Crippen molar-refractivity contribution in [3.8, 4) is 0 Å². The second-order valence-electron chi connectivity index (χ2n) is 2.22. The molecule has 0 radical (unpaired) electrons. The molecule has 0 rings (SSSR count). The van der Waals surface area contributed by atoms with Gasteiger partial charge in [-0.05, 0) is 0 Å². The van der Waals surface area contributed by atoms with Crippen molar-refractivity contribution in [3.63, 3.8) is 0 Å². The number of carbonyl (C=O) groups is 2. The quantitative estimate of drug-likeness (QED) is 0.552. The van der Waals surface area contributed by atoms with Gasteiger partial charge in [-0.15, -0.1) is 0 Å². The molecule has 0 aromatic rings. The molecule has 13 heavy (non-hydrogen) atoms. The highest BCUT2D eigenvalue weighted by atomic mass is 79.9. The molecular weight excluding hydrogens is 247 g/mol. The van der Waals surface area contributed by atoms with Crippen LogP contribution in [0.25, 0.3) is 0 Å². The van der Waals surface area contributed by atoms with Crippen LogP contribution in [-0.4, -0.2) is 37.2 Å². The number of halogens is 2. The van der Waals surface area contributed by atoms with Crippen LogP contribution in [0.1, 0.15) is 6.42 Å². The summed E-state index contributed by atoms with van der Waals surface area (Å²) in [6.07, 6.45) is -2.11. The lowest BCUT2D eigenvalue weighted by atomic mass is 10.2. The first-order chi connectivity index (χ1) is 6.02. The van der Waals surface area contributed by atoms with Crippen LogP contribution in [0, 0.1) is 0 Å². The summed E-state index contributed by atoms with van der Waals surface area (Å²) in [6, 6.07) is 0. The molecule has 0 saturated heterocycles. The van der Waals surface area contributed by atoms with E-state index in [1.54, 1.807) is 0 Å². The van der Waals surface area contributed by atoms with Gasteiger partial charge in [0.2, 0.25) is 0 Å². The number of hydrogen-bond donors (Lipinski definition) is 0. The third-order valence-corrected chi connectivity index (χ3v) is 2.28. The maximum absolute atomic E-state index is 13.0. The molecule has 4 nitrogen and oxygen atoms in total. The molecule has 76 valence electrons. The molecule has 0 aliphatic carbocycles. The van der Waals surface area contributed by atoms with E-state index in [2.05, 4.69) is 25.4 Å². The van der Waals surface area contributed by atoms with E-state index in [1.807, 2.05) is 0 Å². The van der Waals surface area contributed by atoms with E-state index in [1.165, 1.54) is 0 Å². The number of esters is 2. The van der Waals surface area contributed by atoms with Crippen molar-refractivity contribution in [2.45, 2.75) is 17.4 Å². The first kappa shape index (κ1) is 12.3. The van der Waals surface area contributed by atoms with Gasteiger partial charge in [-0.1, -0.05) is 15.9 Å². The lowest BCUT2D eigenvalue weighted by Crippen LogP contribution is -2.28. The summed E-state index contributed by atoms with van der Waals surface area (Å²) in [6.45, 7) is 0. The third-order valence-electron chi connectivity index (χ3n) is 1.33. The average Bonchev–Trinajstić information content (AvgIpc) is 2.14. The van der Waals surface area contributed by atoms with Gasteiger partial charge in [0.25, 0.3) is 0 Å². The number of ether oxygens (including phenoxy) is 2. The van der Waals surface area contributed by atoms with Crippen LogP contribution in [-0.2, 0) is 19.1 Å². The Morgan fingerprint density at radius 1 is 1.38 bits per heavy atom. The molecule has 0 heterocycles. The molecule has 2 atom stereocenters. The second kappa shape index (κ2) is 5.90. The maximum Gasteiger partial charge on any atom is 0.322 e. The lowest BCUT2D eigenvalue weighted by Gasteiger charge is -2.11. The van der Waals surface area contributed by atoms with Gasteiger partial charge in [-0.25, -0.2) is 4.39 Å². The van der Waals surface area contributed by atoms with Gasteiger partial charge in [0.15, 0.2) is 0 Å². The largest absolute Gasteiger partial charge is 0.469 e.